The van der Waals surface area contributed by atoms with E-state index in [1.54, 1.807) is 0 Å². The Kier molecular flexibility index (Phi) is 3.19. The first-order chi connectivity index (χ1) is 6.42. The summed E-state index contributed by atoms with van der Waals surface area (Å²) in [6.07, 6.45) is 6.58. The van der Waals surface area contributed by atoms with Gasteiger partial charge in [0, 0.05) is 12.6 Å². The standard InChI is InChI=1S/C10H20N2O/c11-12-10(8-3-1-4-8)9-5-2-6-13-7-9/h8-10,12H,1-7,11H2. The first kappa shape index (κ1) is 9.44. The van der Waals surface area contributed by atoms with Crippen LogP contribution < -0.4 is 11.3 Å². The summed E-state index contributed by atoms with van der Waals surface area (Å²) in [4.78, 5) is 0. The van der Waals surface area contributed by atoms with Crippen molar-refractivity contribution < 1.29 is 4.74 Å². The molecule has 2 unspecified atom stereocenters. The first-order valence-corrected chi connectivity index (χ1v) is 5.45. The smallest absolute Gasteiger partial charge is 0.0509 e. The third-order valence-corrected chi connectivity index (χ3v) is 3.55. The van der Waals surface area contributed by atoms with Crippen molar-refractivity contribution in [2.75, 3.05) is 13.2 Å². The zero-order valence-corrected chi connectivity index (χ0v) is 8.17. The van der Waals surface area contributed by atoms with E-state index in [-0.39, 0.29) is 0 Å². The highest BCUT2D eigenvalue weighted by molar-refractivity contribution is 4.87. The molecular formula is C10H20N2O. The van der Waals surface area contributed by atoms with Crippen molar-refractivity contribution in [1.29, 1.82) is 0 Å². The zero-order chi connectivity index (χ0) is 9.10. The Bertz CT molecular complexity index is 153. The van der Waals surface area contributed by atoms with Gasteiger partial charge >= 0.3 is 0 Å². The molecule has 1 saturated carbocycles. The monoisotopic (exact) mass is 184 g/mol. The van der Waals surface area contributed by atoms with E-state index >= 15 is 0 Å². The molecular weight excluding hydrogens is 164 g/mol. The molecule has 76 valence electrons. The van der Waals surface area contributed by atoms with Crippen molar-refractivity contribution in [1.82, 2.24) is 5.43 Å². The van der Waals surface area contributed by atoms with Crippen LogP contribution in [0.2, 0.25) is 0 Å². The van der Waals surface area contributed by atoms with E-state index in [0.29, 0.717) is 12.0 Å². The van der Waals surface area contributed by atoms with E-state index in [0.717, 1.165) is 19.1 Å². The molecule has 1 aliphatic carbocycles. The topological polar surface area (TPSA) is 47.3 Å². The van der Waals surface area contributed by atoms with Crippen molar-refractivity contribution in [3.05, 3.63) is 0 Å². The van der Waals surface area contributed by atoms with E-state index < -0.39 is 0 Å². The summed E-state index contributed by atoms with van der Waals surface area (Å²) in [6.45, 7) is 1.85. The van der Waals surface area contributed by atoms with Crippen LogP contribution in [0.15, 0.2) is 0 Å². The molecule has 0 amide bonds. The number of hydrogen-bond acceptors (Lipinski definition) is 3. The molecule has 1 aliphatic heterocycles. The molecule has 0 radical (unpaired) electrons. The Morgan fingerprint density at radius 3 is 2.38 bits per heavy atom. The van der Waals surface area contributed by atoms with Gasteiger partial charge in [-0.3, -0.25) is 11.3 Å². The molecule has 0 aromatic heterocycles. The summed E-state index contributed by atoms with van der Waals surface area (Å²) in [5.74, 6) is 7.08. The number of hydrogen-bond donors (Lipinski definition) is 2. The summed E-state index contributed by atoms with van der Waals surface area (Å²) < 4.78 is 5.49. The molecule has 1 heterocycles. The Hall–Kier alpha value is -0.120. The largest absolute Gasteiger partial charge is 0.381 e. The number of nitrogens with one attached hydrogen (secondary N) is 1. The van der Waals surface area contributed by atoms with Gasteiger partial charge in [-0.15, -0.1) is 0 Å². The third kappa shape index (κ3) is 2.03. The Balaban J connectivity index is 1.86. The van der Waals surface area contributed by atoms with E-state index in [4.69, 9.17) is 10.6 Å². The molecule has 3 heteroatoms. The Labute approximate surface area is 80.0 Å². The average molecular weight is 184 g/mol. The van der Waals surface area contributed by atoms with Crippen molar-refractivity contribution in [3.63, 3.8) is 0 Å². The second-order valence-corrected chi connectivity index (χ2v) is 4.36. The van der Waals surface area contributed by atoms with Gasteiger partial charge in [0.05, 0.1) is 6.61 Å². The highest BCUT2D eigenvalue weighted by atomic mass is 16.5. The molecule has 0 bridgehead atoms. The molecule has 2 aliphatic rings. The molecule has 0 spiro atoms. The van der Waals surface area contributed by atoms with E-state index in [9.17, 15) is 0 Å². The van der Waals surface area contributed by atoms with Gasteiger partial charge in [-0.05, 0) is 37.5 Å². The number of ether oxygens (including phenoxy) is 1. The minimum atomic E-state index is 0.508. The lowest BCUT2D eigenvalue weighted by atomic mass is 9.74. The predicted molar refractivity (Wildman–Crippen MR) is 52.0 cm³/mol. The molecule has 2 rings (SSSR count). The van der Waals surface area contributed by atoms with Crippen molar-refractivity contribution in [2.24, 2.45) is 17.7 Å². The summed E-state index contributed by atoms with van der Waals surface area (Å²) in [5.41, 5.74) is 2.99. The zero-order valence-electron chi connectivity index (χ0n) is 8.17. The lowest BCUT2D eigenvalue weighted by molar-refractivity contribution is 0.0191. The van der Waals surface area contributed by atoms with Gasteiger partial charge in [-0.1, -0.05) is 6.42 Å². The van der Waals surface area contributed by atoms with Crippen LogP contribution >= 0.6 is 0 Å². The van der Waals surface area contributed by atoms with Gasteiger partial charge in [0.25, 0.3) is 0 Å². The number of nitrogens with two attached hydrogens (primary N) is 1. The quantitative estimate of drug-likeness (QED) is 0.509. The Morgan fingerprint density at radius 2 is 1.92 bits per heavy atom. The average Bonchev–Trinajstić information content (AvgIpc) is 2.12. The van der Waals surface area contributed by atoms with Gasteiger partial charge in [-0.2, -0.15) is 0 Å². The number of hydrazine groups is 1. The molecule has 2 atom stereocenters. The van der Waals surface area contributed by atoms with Crippen LogP contribution in [0.3, 0.4) is 0 Å². The van der Waals surface area contributed by atoms with Crippen LogP contribution in [0.5, 0.6) is 0 Å². The van der Waals surface area contributed by atoms with Crippen LogP contribution in [0, 0.1) is 11.8 Å². The van der Waals surface area contributed by atoms with E-state index in [1.165, 1.54) is 32.1 Å². The maximum atomic E-state index is 5.61. The van der Waals surface area contributed by atoms with Gasteiger partial charge in [0.2, 0.25) is 0 Å². The minimum absolute atomic E-state index is 0.508. The summed E-state index contributed by atoms with van der Waals surface area (Å²) in [7, 11) is 0. The highest BCUT2D eigenvalue weighted by Crippen LogP contribution is 2.34. The fourth-order valence-corrected chi connectivity index (χ4v) is 2.50. The van der Waals surface area contributed by atoms with Crippen LogP contribution in [-0.2, 0) is 4.74 Å². The molecule has 3 N–H and O–H groups in total. The van der Waals surface area contributed by atoms with Crippen LogP contribution in [-0.4, -0.2) is 19.3 Å². The summed E-state index contributed by atoms with van der Waals surface area (Å²) >= 11 is 0. The Morgan fingerprint density at radius 1 is 1.15 bits per heavy atom. The normalized spacial score (nSPS) is 32.5. The maximum Gasteiger partial charge on any atom is 0.0509 e. The molecule has 0 aromatic carbocycles. The first-order valence-electron chi connectivity index (χ1n) is 5.45. The van der Waals surface area contributed by atoms with Crippen molar-refractivity contribution in [2.45, 2.75) is 38.1 Å². The van der Waals surface area contributed by atoms with Crippen molar-refractivity contribution in [3.8, 4) is 0 Å². The van der Waals surface area contributed by atoms with Crippen LogP contribution in [0.4, 0.5) is 0 Å². The second-order valence-electron chi connectivity index (χ2n) is 4.36. The summed E-state index contributed by atoms with van der Waals surface area (Å²) in [5, 5.41) is 0. The third-order valence-electron chi connectivity index (χ3n) is 3.55. The van der Waals surface area contributed by atoms with Crippen LogP contribution in [0.1, 0.15) is 32.1 Å². The minimum Gasteiger partial charge on any atom is -0.381 e. The second kappa shape index (κ2) is 4.40. The van der Waals surface area contributed by atoms with Gasteiger partial charge in [0.15, 0.2) is 0 Å². The molecule has 3 nitrogen and oxygen atoms in total. The number of rotatable bonds is 3. The molecule has 0 aromatic rings. The summed E-state index contributed by atoms with van der Waals surface area (Å²) in [6, 6.07) is 0.508. The lowest BCUT2D eigenvalue weighted by Crippen LogP contribution is -2.50. The SMILES string of the molecule is NNC(C1CCC1)C1CCCOC1. The molecule has 1 saturated heterocycles. The fourth-order valence-electron chi connectivity index (χ4n) is 2.50. The molecule has 13 heavy (non-hydrogen) atoms. The van der Waals surface area contributed by atoms with Crippen molar-refractivity contribution >= 4 is 0 Å². The fraction of sp³-hybridized carbons (Fsp3) is 1.00. The van der Waals surface area contributed by atoms with Gasteiger partial charge < -0.3 is 4.74 Å². The van der Waals surface area contributed by atoms with Gasteiger partial charge in [-0.25, -0.2) is 0 Å². The van der Waals surface area contributed by atoms with Crippen LogP contribution in [0.25, 0.3) is 0 Å². The highest BCUT2D eigenvalue weighted by Gasteiger charge is 2.33. The molecule has 2 fully saturated rings. The lowest BCUT2D eigenvalue weighted by Gasteiger charge is -2.39. The van der Waals surface area contributed by atoms with Gasteiger partial charge in [0.1, 0.15) is 0 Å². The predicted octanol–water partition coefficient (Wildman–Crippen LogP) is 1.04. The maximum absolute atomic E-state index is 5.61. The van der Waals surface area contributed by atoms with E-state index in [1.807, 2.05) is 0 Å². The van der Waals surface area contributed by atoms with E-state index in [2.05, 4.69) is 5.43 Å².